The van der Waals surface area contributed by atoms with E-state index in [0.29, 0.717) is 46.0 Å². The lowest BCUT2D eigenvalue weighted by Gasteiger charge is -2.44. The number of nitrogens with zero attached hydrogens (tertiary/aromatic N) is 9. The normalized spacial score (nSPS) is 21.8. The Morgan fingerprint density at radius 2 is 1.36 bits per heavy atom. The Hall–Kier alpha value is -4.23. The molecule has 18 heteroatoms. The standard InChI is InChI=1S/C24H30N14O2S2/c1-14-15(8-41-6-4-37-21(39)17-19(31-12-29-17)35(2)23(37,27)10-25)34-16(33-14)9-42-7-5-38-22(40)18-20(32-13-30-18)36(3)24(38,28)11-26/h12-13H,4-9,27-28H2,1-3H3,(H,29,31)(H,30,32)(H,33,34). The number of carbonyl (C=O) groups excluding carboxylic acids is 2. The number of amides is 2. The highest BCUT2D eigenvalue weighted by Gasteiger charge is 2.49. The predicted octanol–water partition coefficient (Wildman–Crippen LogP) is 0.0873. The summed E-state index contributed by atoms with van der Waals surface area (Å²) in [7, 11) is 3.27. The highest BCUT2D eigenvalue weighted by atomic mass is 32.2. The predicted molar refractivity (Wildman–Crippen MR) is 157 cm³/mol. The van der Waals surface area contributed by atoms with Crippen molar-refractivity contribution in [1.29, 1.82) is 10.5 Å². The van der Waals surface area contributed by atoms with E-state index in [-0.39, 0.29) is 24.9 Å². The smallest absolute Gasteiger partial charge is 0.277 e. The van der Waals surface area contributed by atoms with Crippen LogP contribution in [-0.2, 0) is 11.5 Å². The Morgan fingerprint density at radius 3 is 1.83 bits per heavy atom. The summed E-state index contributed by atoms with van der Waals surface area (Å²) >= 11 is 3.14. The maximum Gasteiger partial charge on any atom is 0.277 e. The van der Waals surface area contributed by atoms with Gasteiger partial charge in [-0.3, -0.25) is 30.9 Å². The van der Waals surface area contributed by atoms with Crippen LogP contribution in [0, 0.1) is 29.6 Å². The van der Waals surface area contributed by atoms with E-state index in [4.69, 9.17) is 16.5 Å². The van der Waals surface area contributed by atoms with Crippen LogP contribution in [0.3, 0.4) is 0 Å². The van der Waals surface area contributed by atoms with E-state index in [1.165, 1.54) is 32.3 Å². The number of aromatic nitrogens is 6. The quantitative estimate of drug-likeness (QED) is 0.192. The molecule has 3 aromatic rings. The van der Waals surface area contributed by atoms with Gasteiger partial charge in [0.05, 0.1) is 24.1 Å². The summed E-state index contributed by atoms with van der Waals surface area (Å²) < 4.78 is 0. The van der Waals surface area contributed by atoms with Gasteiger partial charge in [0.1, 0.15) is 29.4 Å². The molecule has 2 aliphatic rings. The maximum absolute atomic E-state index is 13.0. The summed E-state index contributed by atoms with van der Waals surface area (Å²) in [6.45, 7) is 2.47. The van der Waals surface area contributed by atoms with Gasteiger partial charge < -0.3 is 24.8 Å². The minimum absolute atomic E-state index is 0.258. The van der Waals surface area contributed by atoms with Crippen molar-refractivity contribution in [3.05, 3.63) is 41.3 Å². The number of nitriles is 2. The van der Waals surface area contributed by atoms with Crippen LogP contribution in [-0.4, -0.2) is 102 Å². The zero-order valence-corrected chi connectivity index (χ0v) is 24.8. The van der Waals surface area contributed by atoms with Crippen molar-refractivity contribution >= 4 is 47.0 Å². The third kappa shape index (κ3) is 4.71. The van der Waals surface area contributed by atoms with Crippen molar-refractivity contribution in [3.63, 3.8) is 0 Å². The molecule has 5 heterocycles. The molecule has 2 unspecified atom stereocenters. The van der Waals surface area contributed by atoms with Crippen molar-refractivity contribution < 1.29 is 9.59 Å². The Morgan fingerprint density at radius 1 is 0.881 bits per heavy atom. The number of rotatable bonds is 10. The van der Waals surface area contributed by atoms with E-state index in [0.717, 1.165) is 17.2 Å². The van der Waals surface area contributed by atoms with Crippen LogP contribution in [0.4, 0.5) is 11.6 Å². The van der Waals surface area contributed by atoms with Gasteiger partial charge in [-0.15, -0.1) is 0 Å². The molecule has 220 valence electrons. The van der Waals surface area contributed by atoms with Gasteiger partial charge in [-0.25, -0.2) is 15.0 Å². The van der Waals surface area contributed by atoms with Crippen LogP contribution >= 0.6 is 23.5 Å². The molecule has 3 aromatic heterocycles. The molecule has 2 aliphatic heterocycles. The van der Waals surface area contributed by atoms with Crippen LogP contribution in [0.2, 0.25) is 0 Å². The second-order valence-corrected chi connectivity index (χ2v) is 12.0. The van der Waals surface area contributed by atoms with Gasteiger partial charge >= 0.3 is 0 Å². The lowest BCUT2D eigenvalue weighted by atomic mass is 10.1. The van der Waals surface area contributed by atoms with Gasteiger partial charge in [-0.2, -0.15) is 34.0 Å². The van der Waals surface area contributed by atoms with Gasteiger partial charge in [0.2, 0.25) is 0 Å². The average molecular weight is 611 g/mol. The molecule has 42 heavy (non-hydrogen) atoms. The van der Waals surface area contributed by atoms with Gasteiger partial charge in [0.25, 0.3) is 23.4 Å². The number of nitrogens with one attached hydrogen (secondary N) is 3. The third-order valence-electron chi connectivity index (χ3n) is 7.40. The van der Waals surface area contributed by atoms with E-state index >= 15 is 0 Å². The number of hydrogen-bond donors (Lipinski definition) is 5. The van der Waals surface area contributed by atoms with Crippen LogP contribution in [0.25, 0.3) is 0 Å². The maximum atomic E-state index is 13.0. The summed E-state index contributed by atoms with van der Waals surface area (Å²) in [5.74, 6) is -0.304. The molecule has 2 amide bonds. The molecule has 0 aromatic carbocycles. The number of nitrogens with two attached hydrogens (primary N) is 2. The molecule has 2 atom stereocenters. The van der Waals surface area contributed by atoms with Crippen LogP contribution in [0.15, 0.2) is 12.7 Å². The first-order valence-corrected chi connectivity index (χ1v) is 15.2. The fraction of sp³-hybridized carbons (Fsp3) is 0.458. The molecule has 0 bridgehead atoms. The van der Waals surface area contributed by atoms with E-state index in [1.54, 1.807) is 37.6 Å². The van der Waals surface area contributed by atoms with E-state index in [2.05, 4.69) is 24.9 Å². The molecule has 7 N–H and O–H groups in total. The molecule has 5 rings (SSSR count). The molecule has 0 fully saturated rings. The molecular formula is C24H30N14O2S2. The second kappa shape index (κ2) is 11.2. The van der Waals surface area contributed by atoms with Crippen LogP contribution in [0.1, 0.15) is 38.2 Å². The molecule has 0 radical (unpaired) electrons. The highest BCUT2D eigenvalue weighted by Crippen LogP contribution is 2.32. The van der Waals surface area contributed by atoms with Crippen LogP contribution < -0.4 is 21.3 Å². The zero-order valence-electron chi connectivity index (χ0n) is 23.2. The number of H-pyrrole nitrogens is 3. The number of aryl methyl sites for hydroxylation is 1. The first-order valence-electron chi connectivity index (χ1n) is 12.8. The summed E-state index contributed by atoms with van der Waals surface area (Å²) in [6.07, 6.45) is 2.81. The van der Waals surface area contributed by atoms with Gasteiger partial charge in [-0.05, 0) is 6.92 Å². The number of anilines is 2. The van der Waals surface area contributed by atoms with Crippen molar-refractivity contribution in [3.8, 4) is 12.1 Å². The number of hydrogen-bond acceptors (Lipinski definition) is 13. The van der Waals surface area contributed by atoms with Crippen molar-refractivity contribution in [2.45, 2.75) is 30.0 Å². The van der Waals surface area contributed by atoms with E-state index in [1.807, 2.05) is 19.1 Å². The molecule has 0 saturated carbocycles. The monoisotopic (exact) mass is 610 g/mol. The minimum atomic E-state index is -1.64. The molecule has 0 spiro atoms. The van der Waals surface area contributed by atoms with Gasteiger partial charge in [0, 0.05) is 50.1 Å². The molecule has 0 saturated heterocycles. The largest absolute Gasteiger partial charge is 0.345 e. The summed E-state index contributed by atoms with van der Waals surface area (Å²) in [5.41, 5.74) is 15.1. The van der Waals surface area contributed by atoms with Crippen molar-refractivity contribution in [2.75, 3.05) is 48.5 Å². The summed E-state index contributed by atoms with van der Waals surface area (Å²) in [4.78, 5) is 53.6. The molecule has 16 nitrogen and oxygen atoms in total. The zero-order chi connectivity index (χ0) is 30.2. The molecule has 0 aliphatic carbocycles. The lowest BCUT2D eigenvalue weighted by Crippen LogP contribution is -2.70. The van der Waals surface area contributed by atoms with Crippen molar-refractivity contribution in [2.24, 2.45) is 11.5 Å². The fourth-order valence-corrected chi connectivity index (χ4v) is 6.61. The second-order valence-electron chi connectivity index (χ2n) is 9.77. The number of carbonyl (C=O) groups is 2. The van der Waals surface area contributed by atoms with Crippen molar-refractivity contribution in [1.82, 2.24) is 39.7 Å². The van der Waals surface area contributed by atoms with E-state index in [9.17, 15) is 20.1 Å². The highest BCUT2D eigenvalue weighted by molar-refractivity contribution is 7.98. The van der Waals surface area contributed by atoms with E-state index < -0.39 is 11.6 Å². The van der Waals surface area contributed by atoms with Gasteiger partial charge in [0.15, 0.2) is 11.6 Å². The number of fused-ring (bicyclic) bond motifs is 2. The first-order chi connectivity index (χ1) is 20.1. The number of thioether (sulfide) groups is 2. The summed E-state index contributed by atoms with van der Waals surface area (Å²) in [5, 5.41) is 19.6. The van der Waals surface area contributed by atoms with Crippen LogP contribution in [0.5, 0.6) is 0 Å². The first kappa shape index (κ1) is 29.3. The topological polar surface area (TPSA) is 233 Å². The summed E-state index contributed by atoms with van der Waals surface area (Å²) in [6, 6.07) is 4.09. The SMILES string of the molecule is Cc1[nH]c(CSCCN2C(=O)c3[nH]cnc3N(C)C2(N)C#N)nc1CSCCN1C(=O)c2[nH]cnc2N(C)C1(N)C#N. The van der Waals surface area contributed by atoms with Gasteiger partial charge in [-0.1, -0.05) is 0 Å². The molecular weight excluding hydrogens is 580 g/mol. The number of imidazole rings is 3. The third-order valence-corrected chi connectivity index (χ3v) is 9.30. The Labute approximate surface area is 249 Å². The lowest BCUT2D eigenvalue weighted by molar-refractivity contribution is 0.0568. The Balaban J connectivity index is 1.12. The minimum Gasteiger partial charge on any atom is -0.345 e. The Bertz CT molecular complexity index is 1590. The Kier molecular flexibility index (Phi) is 7.82. The number of aromatic amines is 3. The fourth-order valence-electron chi connectivity index (χ4n) is 4.90. The average Bonchev–Trinajstić information content (AvgIpc) is 3.74.